The van der Waals surface area contributed by atoms with Crippen LogP contribution in [0, 0.1) is 17.0 Å². The number of ether oxygens (including phenoxy) is 1. The molecule has 1 atom stereocenters. The number of phenolic OH excluding ortho intramolecular Hbond substituents is 1. The maximum atomic E-state index is 11.0. The zero-order valence-corrected chi connectivity index (χ0v) is 9.47. The van der Waals surface area contributed by atoms with E-state index in [0.29, 0.717) is 30.9 Å². The van der Waals surface area contributed by atoms with E-state index in [-0.39, 0.29) is 17.5 Å². The minimum Gasteiger partial charge on any atom is -0.507 e. The van der Waals surface area contributed by atoms with Crippen molar-refractivity contribution in [1.29, 1.82) is 0 Å². The second-order valence-electron chi connectivity index (χ2n) is 4.00. The number of phenols is 1. The van der Waals surface area contributed by atoms with Crippen molar-refractivity contribution in [3.8, 4) is 5.75 Å². The van der Waals surface area contributed by atoms with Gasteiger partial charge in [-0.1, -0.05) is 0 Å². The number of morpholine rings is 1. The Morgan fingerprint density at radius 3 is 2.94 bits per heavy atom. The van der Waals surface area contributed by atoms with E-state index < -0.39 is 4.92 Å². The van der Waals surface area contributed by atoms with Crippen molar-refractivity contribution in [2.75, 3.05) is 19.8 Å². The van der Waals surface area contributed by atoms with Crippen molar-refractivity contribution in [3.63, 3.8) is 0 Å². The van der Waals surface area contributed by atoms with Gasteiger partial charge in [0.1, 0.15) is 5.75 Å². The summed E-state index contributed by atoms with van der Waals surface area (Å²) in [5.41, 5.74) is 0.865. The number of aromatic hydroxyl groups is 1. The molecule has 1 heterocycles. The largest absolute Gasteiger partial charge is 0.507 e. The number of nitro groups is 1. The Balaban J connectivity index is 2.48. The standard InChI is InChI=1S/C11H14N2O4/c1-7-2-3-9(13(15)16)10(11(7)14)8-6-17-5-4-12-8/h2-3,8,12,14H,4-6H2,1H3/t8-/m1/s1. The summed E-state index contributed by atoms with van der Waals surface area (Å²) in [5.74, 6) is -0.0257. The van der Waals surface area contributed by atoms with E-state index >= 15 is 0 Å². The minimum atomic E-state index is -0.481. The van der Waals surface area contributed by atoms with E-state index in [1.807, 2.05) is 0 Å². The average molecular weight is 238 g/mol. The van der Waals surface area contributed by atoms with E-state index in [4.69, 9.17) is 4.74 Å². The van der Waals surface area contributed by atoms with Crippen molar-refractivity contribution in [2.45, 2.75) is 13.0 Å². The number of hydrogen-bond acceptors (Lipinski definition) is 5. The molecule has 0 saturated carbocycles. The molecule has 2 N–H and O–H groups in total. The van der Waals surface area contributed by atoms with Gasteiger partial charge in [-0.05, 0) is 18.6 Å². The molecule has 6 nitrogen and oxygen atoms in total. The normalized spacial score (nSPS) is 20.2. The first-order valence-corrected chi connectivity index (χ1v) is 5.39. The molecule has 1 aliphatic heterocycles. The topological polar surface area (TPSA) is 84.6 Å². The first-order valence-electron chi connectivity index (χ1n) is 5.39. The van der Waals surface area contributed by atoms with Gasteiger partial charge in [0.2, 0.25) is 0 Å². The summed E-state index contributed by atoms with van der Waals surface area (Å²) in [7, 11) is 0. The molecule has 0 amide bonds. The number of aryl methyl sites for hydroxylation is 1. The Hall–Kier alpha value is -1.66. The highest BCUT2D eigenvalue weighted by Crippen LogP contribution is 2.36. The molecule has 0 spiro atoms. The van der Waals surface area contributed by atoms with Crippen molar-refractivity contribution in [1.82, 2.24) is 5.32 Å². The fourth-order valence-electron chi connectivity index (χ4n) is 1.96. The highest BCUT2D eigenvalue weighted by Gasteiger charge is 2.28. The molecule has 1 fully saturated rings. The summed E-state index contributed by atoms with van der Waals surface area (Å²) < 4.78 is 5.27. The van der Waals surface area contributed by atoms with Crippen LogP contribution in [-0.4, -0.2) is 29.8 Å². The van der Waals surface area contributed by atoms with Crippen LogP contribution >= 0.6 is 0 Å². The summed E-state index contributed by atoms with van der Waals surface area (Å²) in [6.07, 6.45) is 0. The number of rotatable bonds is 2. The summed E-state index contributed by atoms with van der Waals surface area (Å²) in [4.78, 5) is 10.5. The maximum Gasteiger partial charge on any atom is 0.278 e. The van der Waals surface area contributed by atoms with Crippen LogP contribution in [0.25, 0.3) is 0 Å². The lowest BCUT2D eigenvalue weighted by atomic mass is 10.00. The summed E-state index contributed by atoms with van der Waals surface area (Å²) >= 11 is 0. The second kappa shape index (κ2) is 4.68. The zero-order valence-electron chi connectivity index (χ0n) is 9.47. The van der Waals surface area contributed by atoms with Gasteiger partial charge in [0.25, 0.3) is 5.69 Å². The fourth-order valence-corrected chi connectivity index (χ4v) is 1.96. The van der Waals surface area contributed by atoms with Crippen molar-refractivity contribution in [2.24, 2.45) is 0 Å². The Labute approximate surface area is 98.4 Å². The SMILES string of the molecule is Cc1ccc([N+](=O)[O-])c([C@H]2COCCN2)c1O. The van der Waals surface area contributed by atoms with Crippen LogP contribution in [0.15, 0.2) is 12.1 Å². The highest BCUT2D eigenvalue weighted by molar-refractivity contribution is 5.54. The third-order valence-electron chi connectivity index (χ3n) is 2.86. The average Bonchev–Trinajstić information content (AvgIpc) is 2.33. The Bertz CT molecular complexity index is 441. The van der Waals surface area contributed by atoms with E-state index in [2.05, 4.69) is 5.32 Å². The molecule has 1 saturated heterocycles. The molecule has 6 heteroatoms. The van der Waals surface area contributed by atoms with Crippen LogP contribution in [0.1, 0.15) is 17.2 Å². The van der Waals surface area contributed by atoms with Crippen LogP contribution < -0.4 is 5.32 Å². The Morgan fingerprint density at radius 2 is 2.35 bits per heavy atom. The molecular weight excluding hydrogens is 224 g/mol. The van der Waals surface area contributed by atoms with E-state index in [1.54, 1.807) is 13.0 Å². The molecule has 0 radical (unpaired) electrons. The van der Waals surface area contributed by atoms with Crippen molar-refractivity contribution in [3.05, 3.63) is 33.4 Å². The van der Waals surface area contributed by atoms with E-state index in [0.717, 1.165) is 0 Å². The molecule has 0 aromatic heterocycles. The molecule has 0 bridgehead atoms. The summed E-state index contributed by atoms with van der Waals surface area (Å²) in [5, 5.41) is 24.0. The summed E-state index contributed by atoms with van der Waals surface area (Å²) in [6.45, 7) is 3.25. The minimum absolute atomic E-state index is 0.0257. The Kier molecular flexibility index (Phi) is 3.26. The number of hydrogen-bond donors (Lipinski definition) is 2. The smallest absolute Gasteiger partial charge is 0.278 e. The van der Waals surface area contributed by atoms with Crippen molar-refractivity contribution < 1.29 is 14.8 Å². The molecular formula is C11H14N2O4. The van der Waals surface area contributed by atoms with Gasteiger partial charge in [0.15, 0.2) is 0 Å². The van der Waals surface area contributed by atoms with Crippen LogP contribution in [0.5, 0.6) is 5.75 Å². The van der Waals surface area contributed by atoms with Gasteiger partial charge in [-0.3, -0.25) is 10.1 Å². The quantitative estimate of drug-likeness (QED) is 0.598. The predicted octanol–water partition coefficient (Wildman–Crippen LogP) is 1.27. The van der Waals surface area contributed by atoms with Crippen molar-refractivity contribution >= 4 is 5.69 Å². The molecule has 1 aliphatic rings. The van der Waals surface area contributed by atoms with Gasteiger partial charge >= 0.3 is 0 Å². The highest BCUT2D eigenvalue weighted by atomic mass is 16.6. The number of nitrogens with one attached hydrogen (secondary N) is 1. The van der Waals surface area contributed by atoms with Gasteiger partial charge < -0.3 is 15.2 Å². The molecule has 1 aromatic rings. The lowest BCUT2D eigenvalue weighted by Gasteiger charge is -2.24. The van der Waals surface area contributed by atoms with Crippen LogP contribution in [0.3, 0.4) is 0 Å². The molecule has 0 unspecified atom stereocenters. The van der Waals surface area contributed by atoms with Gasteiger partial charge in [0.05, 0.1) is 29.7 Å². The Morgan fingerprint density at radius 1 is 1.59 bits per heavy atom. The van der Waals surface area contributed by atoms with Crippen LogP contribution in [0.2, 0.25) is 0 Å². The van der Waals surface area contributed by atoms with Crippen LogP contribution in [-0.2, 0) is 4.74 Å². The van der Waals surface area contributed by atoms with E-state index in [1.165, 1.54) is 6.07 Å². The van der Waals surface area contributed by atoms with Gasteiger partial charge in [-0.25, -0.2) is 0 Å². The second-order valence-corrected chi connectivity index (χ2v) is 4.00. The van der Waals surface area contributed by atoms with Gasteiger partial charge in [0, 0.05) is 12.6 Å². The molecule has 0 aliphatic carbocycles. The number of nitrogens with zero attached hydrogens (tertiary/aromatic N) is 1. The lowest BCUT2D eigenvalue weighted by molar-refractivity contribution is -0.386. The summed E-state index contributed by atoms with van der Waals surface area (Å²) in [6, 6.07) is 2.63. The zero-order chi connectivity index (χ0) is 12.4. The molecule has 1 aromatic carbocycles. The fraction of sp³-hybridized carbons (Fsp3) is 0.455. The first kappa shape index (κ1) is 11.8. The predicted molar refractivity (Wildman–Crippen MR) is 61.1 cm³/mol. The van der Waals surface area contributed by atoms with Gasteiger partial charge in [-0.15, -0.1) is 0 Å². The molecule has 92 valence electrons. The lowest BCUT2D eigenvalue weighted by Crippen LogP contribution is -2.35. The number of nitro benzene ring substituents is 1. The third-order valence-corrected chi connectivity index (χ3v) is 2.86. The monoisotopic (exact) mass is 238 g/mol. The van der Waals surface area contributed by atoms with E-state index in [9.17, 15) is 15.2 Å². The molecule has 17 heavy (non-hydrogen) atoms. The number of benzene rings is 1. The van der Waals surface area contributed by atoms with Crippen LogP contribution in [0.4, 0.5) is 5.69 Å². The maximum absolute atomic E-state index is 11.0. The van der Waals surface area contributed by atoms with Gasteiger partial charge in [-0.2, -0.15) is 0 Å². The third kappa shape index (κ3) is 2.22. The first-order chi connectivity index (χ1) is 8.11. The molecule has 2 rings (SSSR count).